The van der Waals surface area contributed by atoms with E-state index in [0.717, 1.165) is 37.9 Å². The van der Waals surface area contributed by atoms with Crippen LogP contribution >= 0.6 is 22.6 Å². The van der Waals surface area contributed by atoms with Gasteiger partial charge in [0.2, 0.25) is 0 Å². The van der Waals surface area contributed by atoms with Crippen LogP contribution in [-0.4, -0.2) is 21.5 Å². The van der Waals surface area contributed by atoms with Crippen LogP contribution in [0.5, 0.6) is 5.75 Å². The Bertz CT molecular complexity index is 819. The van der Waals surface area contributed by atoms with Crippen molar-refractivity contribution in [1.29, 1.82) is 0 Å². The fraction of sp³-hybridized carbons (Fsp3) is 0.600. The van der Waals surface area contributed by atoms with Gasteiger partial charge in [0.15, 0.2) is 8.32 Å². The first kappa shape index (κ1) is 23.1. The van der Waals surface area contributed by atoms with Crippen LogP contribution in [0.3, 0.4) is 0 Å². The van der Waals surface area contributed by atoms with Crippen molar-refractivity contribution in [2.75, 3.05) is 7.11 Å². The van der Waals surface area contributed by atoms with Crippen LogP contribution in [0.4, 0.5) is 0 Å². The minimum Gasteiger partial charge on any atom is -0.497 e. The second-order valence-electron chi connectivity index (χ2n) is 10.4. The normalized spacial score (nSPS) is 24.8. The molecule has 0 saturated heterocycles. The fourth-order valence-corrected chi connectivity index (χ4v) is 6.50. The summed E-state index contributed by atoms with van der Waals surface area (Å²) in [4.78, 5) is 0. The average molecular weight is 525 g/mol. The van der Waals surface area contributed by atoms with E-state index in [4.69, 9.17) is 9.16 Å². The van der Waals surface area contributed by atoms with Gasteiger partial charge in [0.1, 0.15) is 5.75 Å². The predicted octanol–water partition coefficient (Wildman–Crippen LogP) is 7.92. The molecule has 3 rings (SSSR count). The molecule has 29 heavy (non-hydrogen) atoms. The van der Waals surface area contributed by atoms with Crippen LogP contribution < -0.4 is 4.74 Å². The van der Waals surface area contributed by atoms with Crippen LogP contribution in [0.25, 0.3) is 5.57 Å². The monoisotopic (exact) mass is 524 g/mol. The second-order valence-corrected chi connectivity index (χ2v) is 16.3. The van der Waals surface area contributed by atoms with Crippen LogP contribution in [0, 0.1) is 5.41 Å². The number of hydrogen-bond donors (Lipinski definition) is 0. The number of fused-ring (bicyclic) bond motifs is 1. The maximum absolute atomic E-state index is 6.93. The summed E-state index contributed by atoms with van der Waals surface area (Å²) in [7, 11) is -0.0412. The van der Waals surface area contributed by atoms with Crippen molar-refractivity contribution >= 4 is 36.5 Å². The highest BCUT2D eigenvalue weighted by atomic mass is 127. The highest BCUT2D eigenvalue weighted by Gasteiger charge is 2.47. The number of aryl methyl sites for hydroxylation is 1. The highest BCUT2D eigenvalue weighted by Crippen LogP contribution is 2.51. The van der Waals surface area contributed by atoms with E-state index in [1.54, 1.807) is 7.11 Å². The van der Waals surface area contributed by atoms with Crippen molar-refractivity contribution in [1.82, 2.24) is 0 Å². The molecule has 0 saturated carbocycles. The highest BCUT2D eigenvalue weighted by molar-refractivity contribution is 14.1. The van der Waals surface area contributed by atoms with Crippen molar-refractivity contribution in [3.63, 3.8) is 0 Å². The maximum atomic E-state index is 6.93. The van der Waals surface area contributed by atoms with E-state index in [1.807, 2.05) is 0 Å². The fourth-order valence-electron chi connectivity index (χ4n) is 4.21. The maximum Gasteiger partial charge on any atom is 0.192 e. The third kappa shape index (κ3) is 4.69. The largest absolute Gasteiger partial charge is 0.497 e. The first-order valence-corrected chi connectivity index (χ1v) is 14.9. The molecule has 0 radical (unpaired) electrons. The second kappa shape index (κ2) is 8.50. The molecule has 0 spiro atoms. The zero-order valence-electron chi connectivity index (χ0n) is 19.2. The zero-order valence-corrected chi connectivity index (χ0v) is 22.4. The average Bonchev–Trinajstić information content (AvgIpc) is 2.93. The summed E-state index contributed by atoms with van der Waals surface area (Å²) in [6.07, 6.45) is 10.7. The molecule has 2 aliphatic rings. The van der Waals surface area contributed by atoms with Crippen LogP contribution in [0.2, 0.25) is 18.1 Å². The Hall–Kier alpha value is -0.593. The summed E-state index contributed by atoms with van der Waals surface area (Å²) in [5, 5.41) is 0.242. The number of benzene rings is 1. The van der Waals surface area contributed by atoms with Crippen molar-refractivity contribution in [3.8, 4) is 5.75 Å². The molecule has 2 aliphatic carbocycles. The molecule has 1 aromatic carbocycles. The van der Waals surface area contributed by atoms with Gasteiger partial charge in [0.05, 0.1) is 13.2 Å². The molecule has 0 aromatic heterocycles. The van der Waals surface area contributed by atoms with E-state index in [9.17, 15) is 0 Å². The van der Waals surface area contributed by atoms with Crippen molar-refractivity contribution in [2.45, 2.75) is 84.0 Å². The van der Waals surface area contributed by atoms with E-state index in [-0.39, 0.29) is 10.5 Å². The van der Waals surface area contributed by atoms with Gasteiger partial charge in [-0.3, -0.25) is 0 Å². The Balaban J connectivity index is 1.76. The molecule has 4 heteroatoms. The Morgan fingerprint density at radius 1 is 1.21 bits per heavy atom. The first-order valence-electron chi connectivity index (χ1n) is 10.9. The van der Waals surface area contributed by atoms with Gasteiger partial charge < -0.3 is 9.16 Å². The molecule has 0 heterocycles. The first-order chi connectivity index (χ1) is 13.5. The van der Waals surface area contributed by atoms with E-state index >= 15 is 0 Å². The van der Waals surface area contributed by atoms with E-state index in [1.165, 1.54) is 20.3 Å². The summed E-state index contributed by atoms with van der Waals surface area (Å²) in [6, 6.07) is 6.56. The Morgan fingerprint density at radius 3 is 2.59 bits per heavy atom. The van der Waals surface area contributed by atoms with Gasteiger partial charge in [-0.2, -0.15) is 0 Å². The van der Waals surface area contributed by atoms with Crippen molar-refractivity contribution < 1.29 is 9.16 Å². The third-order valence-electron chi connectivity index (χ3n) is 7.39. The summed E-state index contributed by atoms with van der Waals surface area (Å²) < 4.78 is 13.8. The number of hydrogen-bond acceptors (Lipinski definition) is 2. The molecule has 0 bridgehead atoms. The molecular weight excluding hydrogens is 487 g/mol. The topological polar surface area (TPSA) is 18.5 Å². The molecule has 0 amide bonds. The van der Waals surface area contributed by atoms with E-state index in [2.05, 4.69) is 93.7 Å². The number of methoxy groups -OCH3 is 1. The van der Waals surface area contributed by atoms with E-state index in [0.29, 0.717) is 6.10 Å². The number of ether oxygens (including phenoxy) is 1. The molecular formula is C25H37IO2Si. The van der Waals surface area contributed by atoms with Gasteiger partial charge in [-0.05, 0) is 105 Å². The molecule has 1 aromatic rings. The molecule has 0 unspecified atom stereocenters. The third-order valence-corrected chi connectivity index (χ3v) is 13.5. The predicted molar refractivity (Wildman–Crippen MR) is 135 cm³/mol. The Morgan fingerprint density at radius 2 is 1.93 bits per heavy atom. The summed E-state index contributed by atoms with van der Waals surface area (Å²) in [5.41, 5.74) is 4.45. The van der Waals surface area contributed by atoms with Gasteiger partial charge in [-0.25, -0.2) is 0 Å². The lowest BCUT2D eigenvalue weighted by Crippen LogP contribution is -2.47. The molecule has 0 fully saturated rings. The van der Waals surface area contributed by atoms with Gasteiger partial charge in [-0.1, -0.05) is 45.9 Å². The number of allylic oxidation sites excluding steroid dienone is 2. The molecule has 0 N–H and O–H groups in total. The Kier molecular flexibility index (Phi) is 6.77. The van der Waals surface area contributed by atoms with Crippen LogP contribution in [0.1, 0.15) is 64.5 Å². The lowest BCUT2D eigenvalue weighted by molar-refractivity contribution is 0.0882. The Labute approximate surface area is 192 Å². The van der Waals surface area contributed by atoms with Crippen LogP contribution in [-0.2, 0) is 10.8 Å². The lowest BCUT2D eigenvalue weighted by Gasteiger charge is -2.43. The van der Waals surface area contributed by atoms with Gasteiger partial charge in [0, 0.05) is 5.41 Å². The quantitative estimate of drug-likeness (QED) is 0.278. The van der Waals surface area contributed by atoms with Crippen molar-refractivity contribution in [3.05, 3.63) is 45.1 Å². The van der Waals surface area contributed by atoms with Crippen LogP contribution in [0.15, 0.2) is 33.9 Å². The minimum atomic E-state index is -1.79. The van der Waals surface area contributed by atoms with Crippen molar-refractivity contribution in [2.24, 2.45) is 5.41 Å². The van der Waals surface area contributed by atoms with Gasteiger partial charge >= 0.3 is 0 Å². The van der Waals surface area contributed by atoms with Gasteiger partial charge in [0.25, 0.3) is 0 Å². The summed E-state index contributed by atoms with van der Waals surface area (Å²) in [5.74, 6) is 0.966. The number of rotatable bonds is 6. The van der Waals surface area contributed by atoms with E-state index < -0.39 is 8.32 Å². The van der Waals surface area contributed by atoms with Gasteiger partial charge in [-0.15, -0.1) is 0 Å². The minimum absolute atomic E-state index is 0.112. The molecule has 2 atom stereocenters. The number of halogens is 1. The smallest absolute Gasteiger partial charge is 0.192 e. The summed E-state index contributed by atoms with van der Waals surface area (Å²) >= 11 is 2.56. The summed E-state index contributed by atoms with van der Waals surface area (Å²) in [6.45, 7) is 14.2. The standard InChI is InChI=1S/C25H37IO2Si/c1-24(2,3)29(6,7)28-23-14-13-22(26)25(23,4)16-15-18-9-8-10-19-17-20(27-5)11-12-21(18)19/h9,11-13,17,23H,8,10,14-16H2,1-7H3/t23-,25+/m1/s1. The zero-order chi connectivity index (χ0) is 21.4. The SMILES string of the molecule is COc1ccc2c(c1)CCC=C2CC[C@@]1(C)C(I)=CC[C@H]1O[Si](C)(C)C(C)(C)C. The molecule has 0 aliphatic heterocycles. The molecule has 160 valence electrons. The lowest BCUT2D eigenvalue weighted by atomic mass is 9.79. The molecule has 2 nitrogen and oxygen atoms in total.